The van der Waals surface area contributed by atoms with Gasteiger partial charge in [0, 0.05) is 0 Å². The van der Waals surface area contributed by atoms with Crippen LogP contribution in [0.1, 0.15) is 15.9 Å². The van der Waals surface area contributed by atoms with Gasteiger partial charge in [0.25, 0.3) is 0 Å². The van der Waals surface area contributed by atoms with Crippen LogP contribution in [0.5, 0.6) is 5.75 Å². The van der Waals surface area contributed by atoms with E-state index in [0.29, 0.717) is 0 Å². The molecule has 0 aliphatic heterocycles. The second-order valence-electron chi connectivity index (χ2n) is 3.09. The molecule has 1 aromatic rings. The number of halogens is 5. The topological polar surface area (TPSA) is 26.3 Å². The molecular weight excluding hydrogens is 324 g/mol. The quantitative estimate of drug-likeness (QED) is 0.619. The fourth-order valence-corrected chi connectivity index (χ4v) is 1.84. The Kier molecular flexibility index (Phi) is 4.43. The van der Waals surface area contributed by atoms with Crippen LogP contribution in [-0.4, -0.2) is 18.2 Å². The number of hydrogen-bond acceptors (Lipinski definition) is 2. The van der Waals surface area contributed by atoms with E-state index in [4.69, 9.17) is 16.3 Å². The number of carbonyl (C=O) groups is 1. The van der Waals surface area contributed by atoms with Crippen molar-refractivity contribution in [2.75, 3.05) is 12.4 Å². The Morgan fingerprint density at radius 3 is 2.47 bits per heavy atom. The van der Waals surface area contributed by atoms with Crippen LogP contribution in [0.3, 0.4) is 0 Å². The number of methoxy groups -OCH3 is 1. The van der Waals surface area contributed by atoms with Crippen molar-refractivity contribution >= 4 is 33.3 Å². The van der Waals surface area contributed by atoms with Crippen LogP contribution in [0, 0.1) is 0 Å². The smallest absolute Gasteiger partial charge is 0.416 e. The zero-order valence-electron chi connectivity index (χ0n) is 8.57. The third-order valence-corrected chi connectivity index (χ3v) is 2.79. The summed E-state index contributed by atoms with van der Waals surface area (Å²) in [6.07, 6.45) is -4.56. The van der Waals surface area contributed by atoms with E-state index in [-0.39, 0.29) is 21.7 Å². The van der Waals surface area contributed by atoms with E-state index >= 15 is 0 Å². The molecule has 2 nitrogen and oxygen atoms in total. The highest BCUT2D eigenvalue weighted by atomic mass is 79.9. The summed E-state index contributed by atoms with van der Waals surface area (Å²) in [4.78, 5) is 11.5. The normalized spacial score (nSPS) is 11.4. The number of hydrogen-bond donors (Lipinski definition) is 0. The van der Waals surface area contributed by atoms with E-state index in [1.807, 2.05) is 0 Å². The lowest BCUT2D eigenvalue weighted by atomic mass is 10.1. The monoisotopic (exact) mass is 330 g/mol. The van der Waals surface area contributed by atoms with Crippen molar-refractivity contribution in [3.8, 4) is 5.75 Å². The van der Waals surface area contributed by atoms with E-state index < -0.39 is 17.5 Å². The molecule has 0 radical (unpaired) electrons. The first-order valence-corrected chi connectivity index (χ1v) is 5.85. The molecule has 0 saturated carbocycles. The van der Waals surface area contributed by atoms with Crippen LogP contribution in [-0.2, 0) is 6.18 Å². The molecule has 0 aliphatic rings. The van der Waals surface area contributed by atoms with Crippen LogP contribution >= 0.6 is 27.5 Å². The van der Waals surface area contributed by atoms with Crippen LogP contribution in [0.4, 0.5) is 13.2 Å². The summed E-state index contributed by atoms with van der Waals surface area (Å²) >= 11 is 8.53. The van der Waals surface area contributed by atoms with Crippen LogP contribution < -0.4 is 4.74 Å². The number of ketones is 1. The molecule has 1 rings (SSSR count). The van der Waals surface area contributed by atoms with Crippen molar-refractivity contribution in [2.24, 2.45) is 0 Å². The summed E-state index contributed by atoms with van der Waals surface area (Å²) in [6.45, 7) is 0. The molecule has 0 fully saturated rings. The SMILES string of the molecule is COc1c(Cl)cc(C(F)(F)F)cc1C(=O)CBr. The highest BCUT2D eigenvalue weighted by Crippen LogP contribution is 2.37. The molecule has 0 saturated heterocycles. The Bertz CT molecular complexity index is 446. The Morgan fingerprint density at radius 1 is 1.47 bits per heavy atom. The standard InChI is InChI=1S/C10H7BrClF3O2/c1-17-9-6(8(16)4-11)2-5(3-7(9)12)10(13,14)15/h2-3H,4H2,1H3. The third kappa shape index (κ3) is 3.13. The lowest BCUT2D eigenvalue weighted by Crippen LogP contribution is -2.10. The van der Waals surface area contributed by atoms with Gasteiger partial charge in [-0.15, -0.1) is 0 Å². The number of ether oxygens (including phenoxy) is 1. The van der Waals surface area contributed by atoms with Crippen molar-refractivity contribution in [1.82, 2.24) is 0 Å². The van der Waals surface area contributed by atoms with E-state index in [1.165, 1.54) is 7.11 Å². The molecule has 0 spiro atoms. The largest absolute Gasteiger partial charge is 0.494 e. The number of benzene rings is 1. The summed E-state index contributed by atoms with van der Waals surface area (Å²) in [5, 5.41) is -0.354. The molecule has 7 heteroatoms. The van der Waals surface area contributed by atoms with E-state index in [1.54, 1.807) is 0 Å². The lowest BCUT2D eigenvalue weighted by Gasteiger charge is -2.13. The maximum Gasteiger partial charge on any atom is 0.416 e. The van der Waals surface area contributed by atoms with E-state index in [0.717, 1.165) is 12.1 Å². The summed E-state index contributed by atoms with van der Waals surface area (Å²) in [5.41, 5.74) is -1.17. The first-order chi connectivity index (χ1) is 7.81. The van der Waals surface area contributed by atoms with Gasteiger partial charge in [-0.05, 0) is 12.1 Å². The highest BCUT2D eigenvalue weighted by molar-refractivity contribution is 9.09. The van der Waals surface area contributed by atoms with Crippen molar-refractivity contribution in [1.29, 1.82) is 0 Å². The zero-order chi connectivity index (χ0) is 13.2. The summed E-state index contributed by atoms with van der Waals surface area (Å²) in [7, 11) is 1.24. The van der Waals surface area contributed by atoms with Gasteiger partial charge in [-0.3, -0.25) is 4.79 Å². The molecular formula is C10H7BrClF3O2. The maximum atomic E-state index is 12.5. The Hall–Kier alpha value is -0.750. The molecule has 0 aromatic heterocycles. The predicted octanol–water partition coefficient (Wildman–Crippen LogP) is 3.95. The Morgan fingerprint density at radius 2 is 2.06 bits per heavy atom. The van der Waals surface area contributed by atoms with Gasteiger partial charge in [0.2, 0.25) is 0 Å². The maximum absolute atomic E-state index is 12.5. The number of alkyl halides is 4. The fourth-order valence-electron chi connectivity index (χ4n) is 1.24. The average Bonchev–Trinajstić information content (AvgIpc) is 2.25. The minimum Gasteiger partial charge on any atom is -0.494 e. The number of Topliss-reactive ketones (excluding diaryl/α,β-unsaturated/α-hetero) is 1. The molecule has 0 heterocycles. The molecule has 0 atom stereocenters. The predicted molar refractivity (Wildman–Crippen MR) is 61.1 cm³/mol. The fraction of sp³-hybridized carbons (Fsp3) is 0.300. The van der Waals surface area contributed by atoms with Gasteiger partial charge in [-0.25, -0.2) is 0 Å². The highest BCUT2D eigenvalue weighted by Gasteiger charge is 2.33. The molecule has 0 amide bonds. The van der Waals surface area contributed by atoms with Gasteiger partial charge >= 0.3 is 6.18 Å². The minimum absolute atomic E-state index is 0.0517. The van der Waals surface area contributed by atoms with Crippen molar-refractivity contribution < 1.29 is 22.7 Å². The first kappa shape index (κ1) is 14.3. The van der Waals surface area contributed by atoms with Crippen molar-refractivity contribution in [3.63, 3.8) is 0 Å². The minimum atomic E-state index is -4.56. The van der Waals surface area contributed by atoms with Gasteiger partial charge < -0.3 is 4.74 Å². The molecule has 0 bridgehead atoms. The van der Waals surface area contributed by atoms with Crippen LogP contribution in [0.2, 0.25) is 5.02 Å². The summed E-state index contributed by atoms with van der Waals surface area (Å²) < 4.78 is 42.4. The molecule has 0 unspecified atom stereocenters. The molecule has 1 aromatic carbocycles. The average molecular weight is 332 g/mol. The second kappa shape index (κ2) is 5.27. The first-order valence-electron chi connectivity index (χ1n) is 4.35. The third-order valence-electron chi connectivity index (χ3n) is 2.00. The molecule has 0 aliphatic carbocycles. The zero-order valence-corrected chi connectivity index (χ0v) is 10.9. The number of carbonyl (C=O) groups excluding carboxylic acids is 1. The van der Waals surface area contributed by atoms with Crippen molar-refractivity contribution in [3.05, 3.63) is 28.3 Å². The van der Waals surface area contributed by atoms with Gasteiger partial charge in [-0.2, -0.15) is 13.2 Å². The summed E-state index contributed by atoms with van der Waals surface area (Å²) in [6, 6.07) is 1.46. The Labute approximate surface area is 109 Å². The molecule has 0 N–H and O–H groups in total. The van der Waals surface area contributed by atoms with Gasteiger partial charge in [0.15, 0.2) is 5.78 Å². The Balaban J connectivity index is 3.44. The van der Waals surface area contributed by atoms with Crippen molar-refractivity contribution in [2.45, 2.75) is 6.18 Å². The molecule has 94 valence electrons. The van der Waals surface area contributed by atoms with Gasteiger partial charge in [-0.1, -0.05) is 27.5 Å². The van der Waals surface area contributed by atoms with E-state index in [9.17, 15) is 18.0 Å². The van der Waals surface area contributed by atoms with Gasteiger partial charge in [0.1, 0.15) is 5.75 Å². The van der Waals surface area contributed by atoms with Gasteiger partial charge in [0.05, 0.1) is 28.6 Å². The van der Waals surface area contributed by atoms with E-state index in [2.05, 4.69) is 15.9 Å². The van der Waals surface area contributed by atoms with Crippen LogP contribution in [0.25, 0.3) is 0 Å². The number of rotatable bonds is 3. The lowest BCUT2D eigenvalue weighted by molar-refractivity contribution is -0.137. The molecule has 17 heavy (non-hydrogen) atoms. The summed E-state index contributed by atoms with van der Waals surface area (Å²) in [5.74, 6) is -0.584. The second-order valence-corrected chi connectivity index (χ2v) is 4.06. The van der Waals surface area contributed by atoms with Crippen LogP contribution in [0.15, 0.2) is 12.1 Å².